The molecule has 3 heteroatoms. The van der Waals surface area contributed by atoms with Crippen molar-refractivity contribution < 1.29 is 9.18 Å². The number of rotatable bonds is 2. The normalized spacial score (nSPS) is 10.5. The highest BCUT2D eigenvalue weighted by Crippen LogP contribution is 2.15. The van der Waals surface area contributed by atoms with E-state index in [2.05, 4.69) is 0 Å². The first-order valence-electron chi connectivity index (χ1n) is 3.31. The van der Waals surface area contributed by atoms with Gasteiger partial charge in [-0.15, -0.1) is 0 Å². The lowest BCUT2D eigenvalue weighted by Gasteiger charge is -1.95. The summed E-state index contributed by atoms with van der Waals surface area (Å²) in [5, 5.41) is 0.446. The molecule has 0 fully saturated rings. The van der Waals surface area contributed by atoms with Crippen molar-refractivity contribution in [3.8, 4) is 0 Å². The Morgan fingerprint density at radius 1 is 1.42 bits per heavy atom. The van der Waals surface area contributed by atoms with E-state index in [0.717, 1.165) is 0 Å². The molecule has 0 aliphatic rings. The Kier molecular flexibility index (Phi) is 3.00. The molecular weight excluding hydrogens is 179 g/mol. The largest absolute Gasteiger partial charge is 0.299 e. The van der Waals surface area contributed by atoms with Crippen LogP contribution in [-0.2, 0) is 4.79 Å². The fourth-order valence-corrected chi connectivity index (χ4v) is 0.966. The summed E-state index contributed by atoms with van der Waals surface area (Å²) in [4.78, 5) is 9.93. The lowest BCUT2D eigenvalue weighted by atomic mass is 10.2. The van der Waals surface area contributed by atoms with Crippen LogP contribution in [0.2, 0.25) is 5.02 Å². The van der Waals surface area contributed by atoms with Gasteiger partial charge in [-0.05, 0) is 30.4 Å². The van der Waals surface area contributed by atoms with Gasteiger partial charge in [0.05, 0.1) is 0 Å². The molecule has 0 unspecified atom stereocenters. The summed E-state index contributed by atoms with van der Waals surface area (Å²) >= 11 is 5.61. The van der Waals surface area contributed by atoms with Gasteiger partial charge >= 0.3 is 0 Å². The molecule has 0 aliphatic heterocycles. The van der Waals surface area contributed by atoms with Crippen LogP contribution >= 0.6 is 11.6 Å². The van der Waals surface area contributed by atoms with Gasteiger partial charge in [0.15, 0.2) is 0 Å². The second-order valence-electron chi connectivity index (χ2n) is 2.16. The minimum Gasteiger partial charge on any atom is -0.299 e. The predicted octanol–water partition coefficient (Wildman–Crippen LogP) is 2.69. The van der Waals surface area contributed by atoms with Crippen LogP contribution in [0.3, 0.4) is 0 Å². The fraction of sp³-hybridized carbons (Fsp3) is 0. The first-order valence-corrected chi connectivity index (χ1v) is 3.69. The number of carbonyl (C=O) groups is 1. The molecule has 0 saturated heterocycles. The van der Waals surface area contributed by atoms with Gasteiger partial charge in [0.1, 0.15) is 12.1 Å². The molecule has 0 amide bonds. The summed E-state index contributed by atoms with van der Waals surface area (Å²) in [5.74, 6) is -0.391. The maximum atomic E-state index is 12.9. The maximum Gasteiger partial charge on any atom is 0.142 e. The molecular formula is C9H6ClFO. The second kappa shape index (κ2) is 4.02. The summed E-state index contributed by atoms with van der Waals surface area (Å²) in [6.45, 7) is 0. The van der Waals surface area contributed by atoms with Crippen molar-refractivity contribution in [2.24, 2.45) is 0 Å². The van der Waals surface area contributed by atoms with Crippen molar-refractivity contribution in [1.29, 1.82) is 0 Å². The van der Waals surface area contributed by atoms with Crippen LogP contribution in [0.25, 0.3) is 6.08 Å². The fourth-order valence-electron chi connectivity index (χ4n) is 0.785. The first kappa shape index (κ1) is 8.94. The number of hydrogen-bond acceptors (Lipinski definition) is 1. The molecule has 0 aromatic heterocycles. The van der Waals surface area contributed by atoms with E-state index in [9.17, 15) is 9.18 Å². The zero-order chi connectivity index (χ0) is 8.97. The molecule has 0 N–H and O–H groups in total. The summed E-state index contributed by atoms with van der Waals surface area (Å²) in [6.07, 6.45) is 3.17. The number of carbonyl (C=O) groups excluding carboxylic acids is 1. The predicted molar refractivity (Wildman–Crippen MR) is 46.5 cm³/mol. The Balaban J connectivity index is 3.04. The summed E-state index contributed by atoms with van der Waals surface area (Å²) in [6, 6.07) is 4.17. The van der Waals surface area contributed by atoms with E-state index >= 15 is 0 Å². The van der Waals surface area contributed by atoms with Gasteiger partial charge in [-0.3, -0.25) is 4.79 Å². The SMILES string of the molecule is O=C/C=C/c1cc(Cl)ccc1F. The van der Waals surface area contributed by atoms with Gasteiger partial charge in [-0.25, -0.2) is 4.39 Å². The van der Waals surface area contributed by atoms with Crippen molar-refractivity contribution in [3.05, 3.63) is 40.7 Å². The lowest BCUT2D eigenvalue weighted by molar-refractivity contribution is -0.104. The Labute approximate surface area is 74.5 Å². The van der Waals surface area contributed by atoms with Gasteiger partial charge in [0, 0.05) is 10.6 Å². The number of halogens is 2. The van der Waals surface area contributed by atoms with E-state index in [4.69, 9.17) is 11.6 Å². The third-order valence-corrected chi connectivity index (χ3v) is 1.55. The molecule has 62 valence electrons. The molecule has 0 heterocycles. The zero-order valence-corrected chi connectivity index (χ0v) is 6.88. The summed E-state index contributed by atoms with van der Waals surface area (Å²) in [5.41, 5.74) is 0.314. The highest BCUT2D eigenvalue weighted by atomic mass is 35.5. The summed E-state index contributed by atoms with van der Waals surface area (Å²) < 4.78 is 12.9. The minimum atomic E-state index is -0.391. The number of benzene rings is 1. The molecule has 0 radical (unpaired) electrons. The Bertz CT molecular complexity index is 320. The maximum absolute atomic E-state index is 12.9. The smallest absolute Gasteiger partial charge is 0.142 e. The average molecular weight is 185 g/mol. The van der Waals surface area contributed by atoms with Crippen LogP contribution in [0.5, 0.6) is 0 Å². The lowest BCUT2D eigenvalue weighted by Crippen LogP contribution is -1.80. The highest BCUT2D eigenvalue weighted by Gasteiger charge is 1.97. The van der Waals surface area contributed by atoms with Crippen molar-refractivity contribution in [1.82, 2.24) is 0 Å². The highest BCUT2D eigenvalue weighted by molar-refractivity contribution is 6.30. The van der Waals surface area contributed by atoms with Gasteiger partial charge in [-0.2, -0.15) is 0 Å². The topological polar surface area (TPSA) is 17.1 Å². The van der Waals surface area contributed by atoms with E-state index in [1.807, 2.05) is 0 Å². The molecule has 1 rings (SSSR count). The molecule has 12 heavy (non-hydrogen) atoms. The molecule has 0 bridgehead atoms. The van der Waals surface area contributed by atoms with Crippen LogP contribution in [0, 0.1) is 5.82 Å². The molecule has 0 saturated carbocycles. The molecule has 0 atom stereocenters. The molecule has 1 nitrogen and oxygen atoms in total. The third-order valence-electron chi connectivity index (χ3n) is 1.31. The third kappa shape index (κ3) is 2.17. The zero-order valence-electron chi connectivity index (χ0n) is 6.13. The van der Waals surface area contributed by atoms with Crippen molar-refractivity contribution in [2.75, 3.05) is 0 Å². The van der Waals surface area contributed by atoms with E-state index < -0.39 is 5.82 Å². The van der Waals surface area contributed by atoms with Crippen LogP contribution in [0.4, 0.5) is 4.39 Å². The quantitative estimate of drug-likeness (QED) is 0.510. The monoisotopic (exact) mass is 184 g/mol. The van der Waals surface area contributed by atoms with E-state index in [1.165, 1.54) is 30.4 Å². The van der Waals surface area contributed by atoms with Crippen LogP contribution in [0.15, 0.2) is 24.3 Å². The van der Waals surface area contributed by atoms with Crippen molar-refractivity contribution in [2.45, 2.75) is 0 Å². The van der Waals surface area contributed by atoms with E-state index in [0.29, 0.717) is 16.9 Å². The van der Waals surface area contributed by atoms with Gasteiger partial charge < -0.3 is 0 Å². The molecule has 1 aromatic carbocycles. The average Bonchev–Trinajstić information content (AvgIpc) is 2.07. The van der Waals surface area contributed by atoms with E-state index in [-0.39, 0.29) is 0 Å². The second-order valence-corrected chi connectivity index (χ2v) is 2.60. The Morgan fingerprint density at radius 3 is 2.83 bits per heavy atom. The number of hydrogen-bond donors (Lipinski definition) is 0. The molecule has 0 spiro atoms. The first-order chi connectivity index (χ1) is 5.74. The number of aldehydes is 1. The van der Waals surface area contributed by atoms with Crippen LogP contribution in [-0.4, -0.2) is 6.29 Å². The van der Waals surface area contributed by atoms with E-state index in [1.54, 1.807) is 0 Å². The van der Waals surface area contributed by atoms with Crippen molar-refractivity contribution in [3.63, 3.8) is 0 Å². The van der Waals surface area contributed by atoms with Crippen molar-refractivity contribution >= 4 is 24.0 Å². The summed E-state index contributed by atoms with van der Waals surface area (Å²) in [7, 11) is 0. The van der Waals surface area contributed by atoms with Gasteiger partial charge in [0.2, 0.25) is 0 Å². The standard InChI is InChI=1S/C9H6ClFO/c10-8-3-4-9(11)7(6-8)2-1-5-12/h1-6H/b2-1+. The van der Waals surface area contributed by atoms with Crippen LogP contribution < -0.4 is 0 Å². The Hall–Kier alpha value is -1.15. The number of allylic oxidation sites excluding steroid dienone is 1. The van der Waals surface area contributed by atoms with Crippen LogP contribution in [0.1, 0.15) is 5.56 Å². The minimum absolute atomic E-state index is 0.314. The Morgan fingerprint density at radius 2 is 2.17 bits per heavy atom. The van der Waals surface area contributed by atoms with Gasteiger partial charge in [0.25, 0.3) is 0 Å². The van der Waals surface area contributed by atoms with Gasteiger partial charge in [-0.1, -0.05) is 11.6 Å². The molecule has 0 aliphatic carbocycles. The molecule has 1 aromatic rings.